The molecule has 1 aromatic heterocycles. The Morgan fingerprint density at radius 1 is 1.27 bits per heavy atom. The van der Waals surface area contributed by atoms with E-state index in [1.165, 1.54) is 6.20 Å². The zero-order valence-corrected chi connectivity index (χ0v) is 8.49. The fourth-order valence-electron chi connectivity index (χ4n) is 1.61. The molecule has 1 aliphatic heterocycles. The van der Waals surface area contributed by atoms with E-state index >= 15 is 0 Å². The molecule has 0 unspecified atom stereocenters. The molecule has 1 aliphatic carbocycles. The zero-order chi connectivity index (χ0) is 10.3. The number of fused-ring (bicyclic) bond motifs is 2. The summed E-state index contributed by atoms with van der Waals surface area (Å²) in [4.78, 5) is 0. The number of hydrogen-bond acceptors (Lipinski definition) is 4. The average molecular weight is 223 g/mol. The first-order valence-corrected chi connectivity index (χ1v) is 4.90. The van der Waals surface area contributed by atoms with Crippen LogP contribution in [0.5, 0.6) is 0 Å². The van der Waals surface area contributed by atoms with Crippen LogP contribution in [0.15, 0.2) is 23.8 Å². The second-order valence-corrected chi connectivity index (χ2v) is 3.65. The normalized spacial score (nSPS) is 17.7. The fraction of sp³-hybridized carbons (Fsp3) is 0.200. The molecule has 0 radical (unpaired) electrons. The Labute approximate surface area is 91.2 Å². The van der Waals surface area contributed by atoms with Gasteiger partial charge < -0.3 is 9.47 Å². The highest BCUT2D eigenvalue weighted by atomic mass is 35.5. The topological polar surface area (TPSA) is 44.2 Å². The van der Waals surface area contributed by atoms with Crippen molar-refractivity contribution in [2.24, 2.45) is 0 Å². The molecule has 0 atom stereocenters. The molecule has 15 heavy (non-hydrogen) atoms. The highest BCUT2D eigenvalue weighted by molar-refractivity contribution is 6.32. The van der Waals surface area contributed by atoms with Crippen LogP contribution in [0.25, 0.3) is 6.08 Å². The first-order chi connectivity index (χ1) is 7.34. The maximum absolute atomic E-state index is 6.04. The summed E-state index contributed by atoms with van der Waals surface area (Å²) in [6, 6.07) is 0. The Morgan fingerprint density at radius 2 is 2.13 bits per heavy atom. The van der Waals surface area contributed by atoms with Crippen molar-refractivity contribution >= 4 is 17.7 Å². The van der Waals surface area contributed by atoms with Gasteiger partial charge in [-0.3, -0.25) is 0 Å². The third-order valence-corrected chi connectivity index (χ3v) is 2.65. The molecule has 5 heteroatoms. The monoisotopic (exact) mass is 222 g/mol. The van der Waals surface area contributed by atoms with E-state index < -0.39 is 0 Å². The van der Waals surface area contributed by atoms with E-state index in [2.05, 4.69) is 10.2 Å². The number of rotatable bonds is 0. The molecule has 1 fully saturated rings. The lowest BCUT2D eigenvalue weighted by Crippen LogP contribution is -1.95. The lowest BCUT2D eigenvalue weighted by Gasteiger charge is -2.01. The van der Waals surface area contributed by atoms with Crippen molar-refractivity contribution in [2.75, 3.05) is 6.79 Å². The van der Waals surface area contributed by atoms with E-state index in [1.807, 2.05) is 12.2 Å². The number of ether oxygens (including phenoxy) is 2. The minimum Gasteiger partial charge on any atom is -0.454 e. The van der Waals surface area contributed by atoms with E-state index in [1.54, 1.807) is 0 Å². The highest BCUT2D eigenvalue weighted by Crippen LogP contribution is 2.30. The fourth-order valence-corrected chi connectivity index (χ4v) is 1.81. The van der Waals surface area contributed by atoms with Crippen molar-refractivity contribution in [3.63, 3.8) is 0 Å². The molecule has 0 bridgehead atoms. The van der Waals surface area contributed by atoms with Crippen LogP contribution < -0.4 is 0 Å². The molecular formula is C10H7ClN2O2. The first-order valence-electron chi connectivity index (χ1n) is 4.52. The molecule has 4 nitrogen and oxygen atoms in total. The van der Waals surface area contributed by atoms with Gasteiger partial charge in [0.2, 0.25) is 6.79 Å². The second kappa shape index (κ2) is 3.24. The Morgan fingerprint density at radius 3 is 3.07 bits per heavy atom. The smallest absolute Gasteiger partial charge is 0.231 e. The van der Waals surface area contributed by atoms with Crippen LogP contribution in [0.2, 0.25) is 5.02 Å². The molecule has 1 saturated heterocycles. The van der Waals surface area contributed by atoms with Gasteiger partial charge in [-0.2, -0.15) is 10.2 Å². The Kier molecular flexibility index (Phi) is 1.89. The summed E-state index contributed by atoms with van der Waals surface area (Å²) >= 11 is 6.04. The van der Waals surface area contributed by atoms with Crippen LogP contribution in [-0.2, 0) is 15.9 Å². The van der Waals surface area contributed by atoms with E-state index in [0.717, 1.165) is 17.0 Å². The summed E-state index contributed by atoms with van der Waals surface area (Å²) in [5.41, 5.74) is 1.70. The van der Waals surface area contributed by atoms with Crippen molar-refractivity contribution in [3.8, 4) is 0 Å². The molecule has 0 N–H and O–H groups in total. The Balaban J connectivity index is 2.18. The van der Waals surface area contributed by atoms with Crippen LogP contribution in [0.1, 0.15) is 11.3 Å². The maximum Gasteiger partial charge on any atom is 0.231 e. The maximum atomic E-state index is 6.04. The van der Waals surface area contributed by atoms with Gasteiger partial charge in [-0.15, -0.1) is 0 Å². The standard InChI is InChI=1S/C10H7ClN2O2/c11-7-4-12-13-8-1-2-9-10(3-6(7)8)15-5-14-9/h2-4H,1,5H2. The number of hydrogen-bond donors (Lipinski definition) is 0. The lowest BCUT2D eigenvalue weighted by atomic mass is 10.2. The molecule has 0 saturated carbocycles. The predicted molar refractivity (Wildman–Crippen MR) is 53.8 cm³/mol. The van der Waals surface area contributed by atoms with E-state index in [9.17, 15) is 0 Å². The summed E-state index contributed by atoms with van der Waals surface area (Å²) in [6.45, 7) is 0.267. The van der Waals surface area contributed by atoms with Gasteiger partial charge in [0.25, 0.3) is 0 Å². The zero-order valence-electron chi connectivity index (χ0n) is 7.74. The highest BCUT2D eigenvalue weighted by Gasteiger charge is 2.21. The van der Waals surface area contributed by atoms with Crippen LogP contribution in [0, 0.1) is 0 Å². The van der Waals surface area contributed by atoms with Crippen LogP contribution in [-0.4, -0.2) is 17.0 Å². The molecule has 2 aliphatic rings. The quantitative estimate of drug-likeness (QED) is 0.673. The molecule has 0 aromatic carbocycles. The lowest BCUT2D eigenvalue weighted by molar-refractivity contribution is 0.0980. The van der Waals surface area contributed by atoms with Gasteiger partial charge >= 0.3 is 0 Å². The van der Waals surface area contributed by atoms with Gasteiger partial charge in [0.05, 0.1) is 16.9 Å². The van der Waals surface area contributed by atoms with E-state index in [4.69, 9.17) is 21.1 Å². The van der Waals surface area contributed by atoms with Crippen LogP contribution in [0.4, 0.5) is 0 Å². The number of aromatic nitrogens is 2. The van der Waals surface area contributed by atoms with Gasteiger partial charge in [-0.05, 0) is 12.2 Å². The summed E-state index contributed by atoms with van der Waals surface area (Å²) in [5.74, 6) is 1.47. The summed E-state index contributed by atoms with van der Waals surface area (Å²) in [5, 5.41) is 8.42. The van der Waals surface area contributed by atoms with Crippen LogP contribution >= 0.6 is 11.6 Å². The van der Waals surface area contributed by atoms with Crippen molar-refractivity contribution < 1.29 is 9.47 Å². The third-order valence-electron chi connectivity index (χ3n) is 2.35. The summed E-state index contributed by atoms with van der Waals surface area (Å²) in [6.07, 6.45) is 5.95. The SMILES string of the molecule is Clc1cnnc2c1C=C1OCOC1=CC2. The number of halogens is 1. The van der Waals surface area contributed by atoms with Crippen LogP contribution in [0.3, 0.4) is 0 Å². The minimum atomic E-state index is 0.267. The van der Waals surface area contributed by atoms with E-state index in [-0.39, 0.29) is 6.79 Å². The van der Waals surface area contributed by atoms with Gasteiger partial charge in [0.15, 0.2) is 11.5 Å². The molecule has 0 spiro atoms. The average Bonchev–Trinajstić information content (AvgIpc) is 2.60. The minimum absolute atomic E-state index is 0.267. The molecule has 2 heterocycles. The van der Waals surface area contributed by atoms with Gasteiger partial charge in [-0.25, -0.2) is 0 Å². The first kappa shape index (κ1) is 8.73. The molecule has 76 valence electrons. The molecule has 0 amide bonds. The molecular weight excluding hydrogens is 216 g/mol. The van der Waals surface area contributed by atoms with Crippen molar-refractivity contribution in [3.05, 3.63) is 40.1 Å². The Hall–Kier alpha value is -1.55. The van der Waals surface area contributed by atoms with Gasteiger partial charge in [0, 0.05) is 12.0 Å². The van der Waals surface area contributed by atoms with Crippen molar-refractivity contribution in [2.45, 2.75) is 6.42 Å². The molecule has 3 rings (SSSR count). The predicted octanol–water partition coefficient (Wildman–Crippen LogP) is 1.92. The molecule has 1 aromatic rings. The summed E-state index contributed by atoms with van der Waals surface area (Å²) < 4.78 is 10.6. The number of nitrogens with zero attached hydrogens (tertiary/aromatic N) is 2. The Bertz CT molecular complexity index is 482. The second-order valence-electron chi connectivity index (χ2n) is 3.24. The largest absolute Gasteiger partial charge is 0.454 e. The van der Waals surface area contributed by atoms with Crippen molar-refractivity contribution in [1.82, 2.24) is 10.2 Å². The number of allylic oxidation sites excluding steroid dienone is 1. The van der Waals surface area contributed by atoms with Gasteiger partial charge in [-0.1, -0.05) is 11.6 Å². The van der Waals surface area contributed by atoms with E-state index in [0.29, 0.717) is 17.2 Å². The summed E-state index contributed by atoms with van der Waals surface area (Å²) in [7, 11) is 0. The van der Waals surface area contributed by atoms with Crippen molar-refractivity contribution in [1.29, 1.82) is 0 Å². The van der Waals surface area contributed by atoms with Gasteiger partial charge in [0.1, 0.15) is 0 Å². The third kappa shape index (κ3) is 1.37.